The zero-order valence-electron chi connectivity index (χ0n) is 8.74. The zero-order valence-corrected chi connectivity index (χ0v) is 8.74. The first-order valence-electron chi connectivity index (χ1n) is 4.92. The molecule has 2 amide bonds. The van der Waals surface area contributed by atoms with Gasteiger partial charge in [-0.25, -0.2) is 9.29 Å². The highest BCUT2D eigenvalue weighted by molar-refractivity contribution is 6.22. The van der Waals surface area contributed by atoms with Crippen LogP contribution >= 0.6 is 0 Å². The number of nitrogen functional groups attached to an aromatic ring is 1. The Morgan fingerprint density at radius 1 is 1.44 bits per heavy atom. The molecule has 16 heavy (non-hydrogen) atoms. The number of nitrogens with zero attached hydrogens (tertiary/aromatic N) is 1. The van der Waals surface area contributed by atoms with Gasteiger partial charge >= 0.3 is 0 Å². The summed E-state index contributed by atoms with van der Waals surface area (Å²) < 4.78 is 12.8. The number of carbonyl (C=O) groups excluding carboxylic acids is 2. The summed E-state index contributed by atoms with van der Waals surface area (Å²) in [6.45, 7) is 1.68. The molecule has 1 fully saturated rings. The lowest BCUT2D eigenvalue weighted by Gasteiger charge is -2.16. The molecule has 0 saturated carbocycles. The molecule has 1 aromatic rings. The minimum atomic E-state index is -0.492. The number of amides is 2. The predicted molar refractivity (Wildman–Crippen MR) is 57.1 cm³/mol. The predicted octanol–water partition coefficient (Wildman–Crippen LogP) is 1.31. The maximum Gasteiger partial charge on any atom is 0.237 e. The molecule has 5 heteroatoms. The molecule has 1 saturated heterocycles. The van der Waals surface area contributed by atoms with Crippen LogP contribution in [-0.4, -0.2) is 11.8 Å². The Bertz CT molecular complexity index is 473. The topological polar surface area (TPSA) is 63.4 Å². The summed E-state index contributed by atoms with van der Waals surface area (Å²) in [5, 5.41) is 0. The van der Waals surface area contributed by atoms with E-state index in [4.69, 9.17) is 5.73 Å². The van der Waals surface area contributed by atoms with Crippen LogP contribution < -0.4 is 10.6 Å². The molecule has 1 heterocycles. The standard InChI is InChI=1S/C11H11FN2O2/c1-6-4-10(15)14(11(6)16)9-3-2-7(12)5-8(9)13/h2-3,5-6H,4,13H2,1H3. The van der Waals surface area contributed by atoms with E-state index in [9.17, 15) is 14.0 Å². The third-order valence-corrected chi connectivity index (χ3v) is 2.60. The Balaban J connectivity index is 2.45. The van der Waals surface area contributed by atoms with Crippen molar-refractivity contribution in [1.29, 1.82) is 0 Å². The number of benzene rings is 1. The number of rotatable bonds is 1. The van der Waals surface area contributed by atoms with Gasteiger partial charge in [0.1, 0.15) is 5.82 Å². The molecule has 1 aliphatic rings. The summed E-state index contributed by atoms with van der Waals surface area (Å²) in [6.07, 6.45) is 0.176. The first kappa shape index (κ1) is 10.6. The Labute approximate surface area is 91.8 Å². The van der Waals surface area contributed by atoms with Gasteiger partial charge in [0.2, 0.25) is 11.8 Å². The van der Waals surface area contributed by atoms with Gasteiger partial charge in [-0.05, 0) is 18.2 Å². The maximum absolute atomic E-state index is 12.8. The van der Waals surface area contributed by atoms with Gasteiger partial charge in [-0.3, -0.25) is 9.59 Å². The maximum atomic E-state index is 12.8. The summed E-state index contributed by atoms with van der Waals surface area (Å²) in [4.78, 5) is 24.3. The van der Waals surface area contributed by atoms with Gasteiger partial charge < -0.3 is 5.73 Å². The number of nitrogens with two attached hydrogens (primary N) is 1. The average Bonchev–Trinajstić information content (AvgIpc) is 2.43. The zero-order chi connectivity index (χ0) is 11.9. The molecule has 2 rings (SSSR count). The average molecular weight is 222 g/mol. The molecule has 0 aliphatic carbocycles. The van der Waals surface area contributed by atoms with Crippen LogP contribution in [0.1, 0.15) is 13.3 Å². The van der Waals surface area contributed by atoms with Crippen molar-refractivity contribution in [3.63, 3.8) is 0 Å². The fourth-order valence-electron chi connectivity index (χ4n) is 1.77. The van der Waals surface area contributed by atoms with Gasteiger partial charge in [-0.2, -0.15) is 0 Å². The van der Waals surface area contributed by atoms with E-state index in [0.29, 0.717) is 0 Å². The van der Waals surface area contributed by atoms with Crippen LogP contribution in [-0.2, 0) is 9.59 Å². The smallest absolute Gasteiger partial charge is 0.237 e. The number of hydrogen-bond donors (Lipinski definition) is 1. The SMILES string of the molecule is CC1CC(=O)N(c2ccc(F)cc2N)C1=O. The minimum Gasteiger partial charge on any atom is -0.397 e. The number of imide groups is 1. The fraction of sp³-hybridized carbons (Fsp3) is 0.273. The second kappa shape index (κ2) is 3.59. The van der Waals surface area contributed by atoms with E-state index in [0.717, 1.165) is 11.0 Å². The molecule has 1 atom stereocenters. The fourth-order valence-corrected chi connectivity index (χ4v) is 1.77. The second-order valence-electron chi connectivity index (χ2n) is 3.88. The van der Waals surface area contributed by atoms with Crippen molar-refractivity contribution < 1.29 is 14.0 Å². The van der Waals surface area contributed by atoms with E-state index in [1.165, 1.54) is 12.1 Å². The summed E-state index contributed by atoms with van der Waals surface area (Å²) in [7, 11) is 0. The normalized spacial score (nSPS) is 20.6. The van der Waals surface area contributed by atoms with Crippen LogP contribution in [0.25, 0.3) is 0 Å². The molecule has 0 spiro atoms. The van der Waals surface area contributed by atoms with Crippen LogP contribution in [0.15, 0.2) is 18.2 Å². The van der Waals surface area contributed by atoms with Gasteiger partial charge in [0.25, 0.3) is 0 Å². The van der Waals surface area contributed by atoms with Gasteiger partial charge in [0, 0.05) is 12.3 Å². The number of carbonyl (C=O) groups is 2. The molecule has 0 bridgehead atoms. The lowest BCUT2D eigenvalue weighted by atomic mass is 10.1. The van der Waals surface area contributed by atoms with Crippen molar-refractivity contribution in [2.24, 2.45) is 5.92 Å². The Hall–Kier alpha value is -1.91. The van der Waals surface area contributed by atoms with Crippen LogP contribution in [0, 0.1) is 11.7 Å². The monoisotopic (exact) mass is 222 g/mol. The number of anilines is 2. The molecule has 0 radical (unpaired) electrons. The highest BCUT2D eigenvalue weighted by atomic mass is 19.1. The van der Waals surface area contributed by atoms with Crippen LogP contribution in [0.5, 0.6) is 0 Å². The number of hydrogen-bond acceptors (Lipinski definition) is 3. The molecule has 0 aromatic heterocycles. The summed E-state index contributed by atoms with van der Waals surface area (Å²) >= 11 is 0. The van der Waals surface area contributed by atoms with E-state index in [1.54, 1.807) is 6.92 Å². The Kier molecular flexibility index (Phi) is 2.38. The highest BCUT2D eigenvalue weighted by Crippen LogP contribution is 2.30. The molecular weight excluding hydrogens is 211 g/mol. The third kappa shape index (κ3) is 1.54. The first-order valence-corrected chi connectivity index (χ1v) is 4.92. The van der Waals surface area contributed by atoms with Crippen LogP contribution in [0.4, 0.5) is 15.8 Å². The summed E-state index contributed by atoms with van der Waals surface area (Å²) in [5.74, 6) is -1.41. The lowest BCUT2D eigenvalue weighted by molar-refractivity contribution is -0.122. The molecule has 1 aliphatic heterocycles. The third-order valence-electron chi connectivity index (χ3n) is 2.60. The van der Waals surface area contributed by atoms with Crippen LogP contribution in [0.2, 0.25) is 0 Å². The lowest BCUT2D eigenvalue weighted by Crippen LogP contribution is -2.30. The van der Waals surface area contributed by atoms with Crippen molar-refractivity contribution in [2.75, 3.05) is 10.6 Å². The van der Waals surface area contributed by atoms with E-state index >= 15 is 0 Å². The highest BCUT2D eigenvalue weighted by Gasteiger charge is 2.37. The molecule has 84 valence electrons. The van der Waals surface area contributed by atoms with Crippen molar-refractivity contribution >= 4 is 23.2 Å². The Morgan fingerprint density at radius 2 is 2.12 bits per heavy atom. The van der Waals surface area contributed by atoms with Crippen molar-refractivity contribution in [3.05, 3.63) is 24.0 Å². The minimum absolute atomic E-state index is 0.0933. The molecular formula is C11H11FN2O2. The van der Waals surface area contributed by atoms with Crippen molar-refractivity contribution in [1.82, 2.24) is 0 Å². The first-order chi connectivity index (χ1) is 7.50. The second-order valence-corrected chi connectivity index (χ2v) is 3.88. The quantitative estimate of drug-likeness (QED) is 0.575. The van der Waals surface area contributed by atoms with Crippen molar-refractivity contribution in [2.45, 2.75) is 13.3 Å². The van der Waals surface area contributed by atoms with Gasteiger partial charge in [-0.15, -0.1) is 0 Å². The molecule has 1 aromatic carbocycles. The van der Waals surface area contributed by atoms with Crippen LogP contribution in [0.3, 0.4) is 0 Å². The molecule has 2 N–H and O–H groups in total. The van der Waals surface area contributed by atoms with Gasteiger partial charge in [0.15, 0.2) is 0 Å². The van der Waals surface area contributed by atoms with E-state index < -0.39 is 5.82 Å². The van der Waals surface area contributed by atoms with Gasteiger partial charge in [-0.1, -0.05) is 6.92 Å². The van der Waals surface area contributed by atoms with Gasteiger partial charge in [0.05, 0.1) is 11.4 Å². The molecule has 4 nitrogen and oxygen atoms in total. The summed E-state index contributed by atoms with van der Waals surface area (Å²) in [5.41, 5.74) is 5.94. The van der Waals surface area contributed by atoms with E-state index in [-0.39, 0.29) is 35.5 Å². The summed E-state index contributed by atoms with van der Waals surface area (Å²) in [6, 6.07) is 3.62. The molecule has 1 unspecified atom stereocenters. The largest absolute Gasteiger partial charge is 0.397 e. The van der Waals surface area contributed by atoms with E-state index in [2.05, 4.69) is 0 Å². The van der Waals surface area contributed by atoms with Crippen molar-refractivity contribution in [3.8, 4) is 0 Å². The van der Waals surface area contributed by atoms with E-state index in [1.807, 2.05) is 0 Å². The number of halogens is 1. The Morgan fingerprint density at radius 3 is 2.62 bits per heavy atom.